The largest absolute Gasteiger partial charge is 0.497 e. The lowest BCUT2D eigenvalue weighted by atomic mass is 9.76. The van der Waals surface area contributed by atoms with E-state index in [-0.39, 0.29) is 17.4 Å². The van der Waals surface area contributed by atoms with E-state index in [0.29, 0.717) is 34.0 Å². The molecule has 0 aromatic heterocycles. The van der Waals surface area contributed by atoms with Gasteiger partial charge in [0.25, 0.3) is 0 Å². The molecule has 2 aliphatic rings. The van der Waals surface area contributed by atoms with E-state index in [0.717, 1.165) is 29.7 Å². The van der Waals surface area contributed by atoms with Crippen LogP contribution in [0.4, 0.5) is 5.69 Å². The molecule has 0 spiro atoms. The van der Waals surface area contributed by atoms with E-state index < -0.39 is 5.92 Å². The molecule has 1 amide bonds. The summed E-state index contributed by atoms with van der Waals surface area (Å²) in [5.41, 5.74) is 4.72. The third kappa shape index (κ3) is 4.81. The lowest BCUT2D eigenvalue weighted by Crippen LogP contribution is -2.32. The summed E-state index contributed by atoms with van der Waals surface area (Å²) in [6.45, 7) is 2.00. The van der Waals surface area contributed by atoms with Crippen LogP contribution >= 0.6 is 11.8 Å². The Labute approximate surface area is 197 Å². The van der Waals surface area contributed by atoms with Gasteiger partial charge in [-0.2, -0.15) is 5.26 Å². The first-order valence-corrected chi connectivity index (χ1v) is 11.8. The lowest BCUT2D eigenvalue weighted by Gasteiger charge is -2.33. The number of benzene rings is 2. The molecule has 2 aromatic rings. The van der Waals surface area contributed by atoms with Crippen molar-refractivity contribution in [2.75, 3.05) is 18.2 Å². The van der Waals surface area contributed by atoms with Crippen LogP contribution in [-0.2, 0) is 9.59 Å². The number of allylic oxidation sites excluding steroid dienone is 3. The quantitative estimate of drug-likeness (QED) is 0.645. The van der Waals surface area contributed by atoms with Gasteiger partial charge in [-0.3, -0.25) is 9.59 Å². The summed E-state index contributed by atoms with van der Waals surface area (Å²) in [6.07, 6.45) is 2.03. The first kappa shape index (κ1) is 22.7. The topological polar surface area (TPSA) is 91.2 Å². The first-order chi connectivity index (χ1) is 16.0. The summed E-state index contributed by atoms with van der Waals surface area (Å²) in [5, 5.41) is 16.9. The molecule has 0 radical (unpaired) electrons. The summed E-state index contributed by atoms with van der Waals surface area (Å²) in [4.78, 5) is 25.5. The van der Waals surface area contributed by atoms with Crippen LogP contribution in [0, 0.1) is 18.3 Å². The summed E-state index contributed by atoms with van der Waals surface area (Å²) in [5.74, 6) is 0.351. The fraction of sp³-hybridized carbons (Fsp3) is 0.269. The van der Waals surface area contributed by atoms with Crippen LogP contribution in [0.5, 0.6) is 5.75 Å². The van der Waals surface area contributed by atoms with Crippen molar-refractivity contribution in [3.8, 4) is 11.8 Å². The molecule has 1 atom stereocenters. The van der Waals surface area contributed by atoms with Crippen LogP contribution in [0.3, 0.4) is 0 Å². The Kier molecular flexibility index (Phi) is 6.85. The average molecular weight is 460 g/mol. The number of ketones is 1. The van der Waals surface area contributed by atoms with Crippen LogP contribution < -0.4 is 15.4 Å². The highest BCUT2D eigenvalue weighted by Gasteiger charge is 2.37. The molecule has 0 saturated heterocycles. The van der Waals surface area contributed by atoms with Crippen molar-refractivity contribution in [2.45, 2.75) is 32.1 Å². The number of carbonyl (C=O) groups is 2. The fourth-order valence-electron chi connectivity index (χ4n) is 4.27. The van der Waals surface area contributed by atoms with Crippen LogP contribution in [-0.4, -0.2) is 24.6 Å². The van der Waals surface area contributed by atoms with Gasteiger partial charge in [-0.25, -0.2) is 0 Å². The predicted molar refractivity (Wildman–Crippen MR) is 130 cm³/mol. The number of ether oxygens (including phenoxy) is 1. The van der Waals surface area contributed by atoms with Gasteiger partial charge < -0.3 is 15.4 Å². The summed E-state index contributed by atoms with van der Waals surface area (Å²) in [7, 11) is 1.59. The Morgan fingerprint density at radius 2 is 1.97 bits per heavy atom. The fourth-order valence-corrected chi connectivity index (χ4v) is 5.13. The molecule has 0 bridgehead atoms. The van der Waals surface area contributed by atoms with Crippen LogP contribution in [0.2, 0.25) is 0 Å². The van der Waals surface area contributed by atoms with Crippen LogP contribution in [0.1, 0.15) is 36.3 Å². The zero-order valence-electron chi connectivity index (χ0n) is 18.6. The zero-order chi connectivity index (χ0) is 23.4. The molecule has 2 N–H and O–H groups in total. The monoisotopic (exact) mass is 459 g/mol. The number of thioether (sulfide) groups is 1. The maximum absolute atomic E-state index is 12.9. The van der Waals surface area contributed by atoms with Gasteiger partial charge in [0.1, 0.15) is 5.75 Å². The molecule has 2 aromatic carbocycles. The predicted octanol–water partition coefficient (Wildman–Crippen LogP) is 4.80. The number of dihydropyridines is 1. The van der Waals surface area contributed by atoms with E-state index in [2.05, 4.69) is 16.7 Å². The highest BCUT2D eigenvalue weighted by Crippen LogP contribution is 2.44. The minimum Gasteiger partial charge on any atom is -0.497 e. The van der Waals surface area contributed by atoms with E-state index in [1.54, 1.807) is 31.4 Å². The van der Waals surface area contributed by atoms with Gasteiger partial charge >= 0.3 is 0 Å². The Morgan fingerprint density at radius 1 is 1.21 bits per heavy atom. The molecule has 0 unspecified atom stereocenters. The Balaban J connectivity index is 1.59. The second-order valence-electron chi connectivity index (χ2n) is 8.00. The molecule has 7 heteroatoms. The molecule has 0 fully saturated rings. The minimum atomic E-state index is -0.410. The minimum absolute atomic E-state index is 0.0889. The number of nitrogens with one attached hydrogen (secondary N) is 2. The molecule has 1 aliphatic heterocycles. The highest BCUT2D eigenvalue weighted by molar-refractivity contribution is 8.03. The Morgan fingerprint density at radius 3 is 2.67 bits per heavy atom. The smallest absolute Gasteiger partial charge is 0.234 e. The van der Waals surface area contributed by atoms with E-state index in [9.17, 15) is 14.9 Å². The van der Waals surface area contributed by atoms with Crippen molar-refractivity contribution in [1.29, 1.82) is 5.26 Å². The normalized spacial score (nSPS) is 17.7. The van der Waals surface area contributed by atoms with Gasteiger partial charge in [-0.05, 0) is 55.2 Å². The highest BCUT2D eigenvalue weighted by atomic mass is 32.2. The van der Waals surface area contributed by atoms with Gasteiger partial charge in [0.2, 0.25) is 5.91 Å². The number of hydrogen-bond donors (Lipinski definition) is 2. The number of nitriles is 1. The van der Waals surface area contributed by atoms with Crippen molar-refractivity contribution in [3.05, 3.63) is 81.5 Å². The zero-order valence-corrected chi connectivity index (χ0v) is 19.4. The van der Waals surface area contributed by atoms with Crippen molar-refractivity contribution in [2.24, 2.45) is 0 Å². The number of aryl methyl sites for hydroxylation is 1. The van der Waals surface area contributed by atoms with Gasteiger partial charge in [-0.15, -0.1) is 0 Å². The number of anilines is 1. The third-order valence-electron chi connectivity index (χ3n) is 5.88. The van der Waals surface area contributed by atoms with Gasteiger partial charge in [-0.1, -0.05) is 36.0 Å². The van der Waals surface area contributed by atoms with E-state index >= 15 is 0 Å². The van der Waals surface area contributed by atoms with Crippen molar-refractivity contribution < 1.29 is 14.3 Å². The van der Waals surface area contributed by atoms with Gasteiger partial charge in [0, 0.05) is 23.4 Å². The first-order valence-electron chi connectivity index (χ1n) is 10.8. The molecular weight excluding hydrogens is 434 g/mol. The van der Waals surface area contributed by atoms with Gasteiger partial charge in [0.15, 0.2) is 5.78 Å². The molecule has 1 aliphatic carbocycles. The molecule has 4 rings (SSSR count). The van der Waals surface area contributed by atoms with Crippen LogP contribution in [0.25, 0.3) is 0 Å². The molecule has 33 heavy (non-hydrogen) atoms. The molecule has 1 heterocycles. The van der Waals surface area contributed by atoms with E-state index in [1.165, 1.54) is 11.8 Å². The SMILES string of the molecule is COc1ccc(NC(=O)CSC2=C(C#N)[C@@H](c3ccccc3C)C3=C(CCCC3=O)N2)cc1. The average Bonchev–Trinajstić information content (AvgIpc) is 2.83. The Hall–Kier alpha value is -3.50. The lowest BCUT2D eigenvalue weighted by molar-refractivity contribution is -0.116. The van der Waals surface area contributed by atoms with E-state index in [1.807, 2.05) is 31.2 Å². The number of rotatable bonds is 6. The summed E-state index contributed by atoms with van der Waals surface area (Å²) < 4.78 is 5.14. The number of hydrogen-bond acceptors (Lipinski definition) is 6. The maximum Gasteiger partial charge on any atom is 0.234 e. The van der Waals surface area contributed by atoms with Crippen molar-refractivity contribution in [1.82, 2.24) is 5.32 Å². The number of Topliss-reactive ketones (excluding diaryl/α,β-unsaturated/α-hetero) is 1. The molecular formula is C26H25N3O3S. The van der Waals surface area contributed by atoms with Gasteiger partial charge in [0.05, 0.1) is 35.5 Å². The standard InChI is InChI=1S/C26H25N3O3S/c1-16-6-3-4-7-19(16)24-20(14-27)26(29-21-8-5-9-22(30)25(21)24)33-15-23(31)28-17-10-12-18(32-2)13-11-17/h3-4,6-7,10-13,24,29H,5,8-9,15H2,1-2H3,(H,28,31)/t24-/m1/s1. The number of carbonyl (C=O) groups excluding carboxylic acids is 2. The number of nitrogens with zero attached hydrogens (tertiary/aromatic N) is 1. The third-order valence-corrected chi connectivity index (χ3v) is 6.90. The molecule has 0 saturated carbocycles. The molecule has 168 valence electrons. The van der Waals surface area contributed by atoms with Crippen molar-refractivity contribution >= 4 is 29.1 Å². The van der Waals surface area contributed by atoms with Crippen LogP contribution in [0.15, 0.2) is 70.4 Å². The second kappa shape index (κ2) is 9.97. The summed E-state index contributed by atoms with van der Waals surface area (Å²) >= 11 is 1.29. The number of methoxy groups -OCH3 is 1. The Bertz CT molecular complexity index is 1190. The number of amides is 1. The van der Waals surface area contributed by atoms with Crippen molar-refractivity contribution in [3.63, 3.8) is 0 Å². The maximum atomic E-state index is 12.9. The second-order valence-corrected chi connectivity index (χ2v) is 8.99. The molecule has 6 nitrogen and oxygen atoms in total. The van der Waals surface area contributed by atoms with E-state index in [4.69, 9.17) is 4.74 Å². The summed E-state index contributed by atoms with van der Waals surface area (Å²) in [6, 6.07) is 17.3.